The first-order valence-electron chi connectivity index (χ1n) is 10.1. The van der Waals surface area contributed by atoms with Gasteiger partial charge in [-0.25, -0.2) is 4.79 Å². The highest BCUT2D eigenvalue weighted by Gasteiger charge is 2.27. The molecule has 0 radical (unpaired) electrons. The molecule has 0 unspecified atom stereocenters. The summed E-state index contributed by atoms with van der Waals surface area (Å²) >= 11 is 0. The fourth-order valence-corrected chi connectivity index (χ4v) is 3.73. The van der Waals surface area contributed by atoms with Crippen LogP contribution in [0.3, 0.4) is 0 Å². The molecule has 0 spiro atoms. The van der Waals surface area contributed by atoms with Gasteiger partial charge in [-0.3, -0.25) is 4.98 Å². The molecule has 0 aliphatic rings. The van der Waals surface area contributed by atoms with E-state index in [-0.39, 0.29) is 5.41 Å². The van der Waals surface area contributed by atoms with Gasteiger partial charge in [0.2, 0.25) is 0 Å². The molecule has 0 aliphatic heterocycles. The monoisotopic (exact) mass is 363 g/mol. The Balaban J connectivity index is 2.45. The lowest BCUT2D eigenvalue weighted by molar-refractivity contribution is 0.487. The average Bonchev–Trinajstić information content (AvgIpc) is 2.67. The fourth-order valence-electron chi connectivity index (χ4n) is 3.73. The minimum atomic E-state index is -0.166. The van der Waals surface area contributed by atoms with E-state index in [1.54, 1.807) is 0 Å². The van der Waals surface area contributed by atoms with Gasteiger partial charge in [0.15, 0.2) is 0 Å². The molecule has 0 bridgehead atoms. The van der Waals surface area contributed by atoms with Gasteiger partial charge < -0.3 is 0 Å². The Labute approximate surface area is 164 Å². The summed E-state index contributed by atoms with van der Waals surface area (Å²) in [7, 11) is 0. The number of allylic oxidation sites excluding steroid dienone is 1. The maximum Gasteiger partial charge on any atom is 0.123 e. The Morgan fingerprint density at radius 3 is 2.22 bits per heavy atom. The summed E-state index contributed by atoms with van der Waals surface area (Å²) in [6.07, 6.45) is 4.24. The largest absolute Gasteiger partial charge is 0.257 e. The molecule has 0 fully saturated rings. The molecule has 0 saturated carbocycles. The number of hydrogen-bond acceptors (Lipinski definition) is 2. The van der Waals surface area contributed by atoms with Crippen LogP contribution in [0.4, 0.5) is 0 Å². The number of nitrogens with zero attached hydrogens (tertiary/aromatic N) is 1. The van der Waals surface area contributed by atoms with E-state index in [1.165, 1.54) is 27.9 Å². The molecule has 0 aliphatic carbocycles. The summed E-state index contributed by atoms with van der Waals surface area (Å²) < 4.78 is 0. The second kappa shape index (κ2) is 9.15. The van der Waals surface area contributed by atoms with Crippen molar-refractivity contribution < 1.29 is 4.79 Å². The van der Waals surface area contributed by atoms with Crippen molar-refractivity contribution in [3.63, 3.8) is 0 Å². The highest BCUT2D eigenvalue weighted by molar-refractivity contribution is 5.53. The van der Waals surface area contributed by atoms with Crippen LogP contribution in [0, 0.1) is 6.92 Å². The van der Waals surface area contributed by atoms with E-state index in [9.17, 15) is 4.79 Å². The molecule has 0 N–H and O–H groups in total. The molecule has 0 saturated heterocycles. The van der Waals surface area contributed by atoms with E-state index < -0.39 is 0 Å². The van der Waals surface area contributed by atoms with Gasteiger partial charge in [0, 0.05) is 22.4 Å². The van der Waals surface area contributed by atoms with Gasteiger partial charge in [-0.1, -0.05) is 70.5 Å². The van der Waals surface area contributed by atoms with Gasteiger partial charge in [0.05, 0.1) is 0 Å². The van der Waals surface area contributed by atoms with Crippen LogP contribution >= 0.6 is 0 Å². The number of benzene rings is 1. The zero-order valence-corrected chi connectivity index (χ0v) is 17.8. The first kappa shape index (κ1) is 21.1. The molecule has 27 heavy (non-hydrogen) atoms. The molecule has 1 aromatic heterocycles. The highest BCUT2D eigenvalue weighted by Crippen LogP contribution is 2.33. The Morgan fingerprint density at radius 2 is 1.70 bits per heavy atom. The SMILES string of the molecule is CCC(=C=O)CC(C)(C)c1nc(CC)c(Cc2ccc(C)cc2)cc1CC. The van der Waals surface area contributed by atoms with E-state index in [1.807, 2.05) is 6.92 Å². The van der Waals surface area contributed by atoms with Crippen molar-refractivity contribution in [1.82, 2.24) is 4.98 Å². The Kier molecular flexibility index (Phi) is 7.16. The van der Waals surface area contributed by atoms with Crippen molar-refractivity contribution in [2.75, 3.05) is 0 Å². The normalized spacial score (nSPS) is 11.3. The van der Waals surface area contributed by atoms with Crippen molar-refractivity contribution >= 4 is 5.94 Å². The van der Waals surface area contributed by atoms with Crippen LogP contribution in [0.1, 0.15) is 81.1 Å². The summed E-state index contributed by atoms with van der Waals surface area (Å²) in [4.78, 5) is 16.3. The van der Waals surface area contributed by atoms with Crippen molar-refractivity contribution in [3.05, 3.63) is 69.5 Å². The third-order valence-corrected chi connectivity index (χ3v) is 5.37. The van der Waals surface area contributed by atoms with E-state index in [0.29, 0.717) is 6.42 Å². The summed E-state index contributed by atoms with van der Waals surface area (Å²) in [6, 6.07) is 11.1. The first-order valence-corrected chi connectivity index (χ1v) is 10.1. The van der Waals surface area contributed by atoms with Crippen LogP contribution in [0.15, 0.2) is 35.9 Å². The summed E-state index contributed by atoms with van der Waals surface area (Å²) in [6.45, 7) is 12.9. The van der Waals surface area contributed by atoms with Gasteiger partial charge in [0.1, 0.15) is 5.94 Å². The molecule has 0 amide bonds. The number of rotatable bonds is 8. The third-order valence-electron chi connectivity index (χ3n) is 5.37. The van der Waals surface area contributed by atoms with Crippen LogP contribution in [0.25, 0.3) is 0 Å². The minimum Gasteiger partial charge on any atom is -0.257 e. The Morgan fingerprint density at radius 1 is 1.04 bits per heavy atom. The zero-order chi connectivity index (χ0) is 20.0. The highest BCUT2D eigenvalue weighted by atomic mass is 16.1. The van der Waals surface area contributed by atoms with Crippen LogP contribution in [0.5, 0.6) is 0 Å². The predicted octanol–water partition coefficient (Wildman–Crippen LogP) is 5.94. The lowest BCUT2D eigenvalue weighted by Gasteiger charge is -2.28. The van der Waals surface area contributed by atoms with Crippen molar-refractivity contribution in [2.45, 2.75) is 79.1 Å². The Bertz CT molecular complexity index is 824. The maximum atomic E-state index is 11.2. The van der Waals surface area contributed by atoms with E-state index in [4.69, 9.17) is 4.98 Å². The zero-order valence-electron chi connectivity index (χ0n) is 17.8. The quantitative estimate of drug-likeness (QED) is 0.543. The number of aryl methyl sites for hydroxylation is 3. The molecule has 2 rings (SSSR count). The van der Waals surface area contributed by atoms with Crippen molar-refractivity contribution in [2.24, 2.45) is 0 Å². The molecule has 1 heterocycles. The summed E-state index contributed by atoms with van der Waals surface area (Å²) in [5, 5.41) is 0. The lowest BCUT2D eigenvalue weighted by atomic mass is 9.78. The average molecular weight is 364 g/mol. The van der Waals surface area contributed by atoms with Crippen molar-refractivity contribution in [3.8, 4) is 0 Å². The fraction of sp³-hybridized carbons (Fsp3) is 0.480. The molecule has 2 heteroatoms. The maximum absolute atomic E-state index is 11.2. The van der Waals surface area contributed by atoms with Gasteiger partial charge in [-0.15, -0.1) is 0 Å². The number of carbonyl (C=O) groups excluding carboxylic acids is 1. The molecule has 0 atom stereocenters. The van der Waals surface area contributed by atoms with Crippen LogP contribution in [0.2, 0.25) is 0 Å². The van der Waals surface area contributed by atoms with E-state index >= 15 is 0 Å². The minimum absolute atomic E-state index is 0.166. The second-order valence-corrected chi connectivity index (χ2v) is 8.09. The first-order chi connectivity index (χ1) is 12.8. The van der Waals surface area contributed by atoms with Crippen LogP contribution in [-0.4, -0.2) is 10.9 Å². The molecule has 1 aromatic carbocycles. The van der Waals surface area contributed by atoms with Crippen molar-refractivity contribution in [1.29, 1.82) is 0 Å². The molecule has 2 nitrogen and oxygen atoms in total. The topological polar surface area (TPSA) is 30.0 Å². The smallest absolute Gasteiger partial charge is 0.123 e. The van der Waals surface area contributed by atoms with Gasteiger partial charge in [0.25, 0.3) is 0 Å². The molecular weight excluding hydrogens is 330 g/mol. The molecule has 2 aromatic rings. The standard InChI is InChI=1S/C25H33NO/c1-7-19(17-27)16-25(5,6)24-21(8-2)15-22(23(9-3)26-24)14-20-12-10-18(4)11-13-20/h10-13,15H,7-9,14,16H2,1-6H3. The predicted molar refractivity (Wildman–Crippen MR) is 114 cm³/mol. The Hall–Kier alpha value is -2.18. The molecule has 144 valence electrons. The third kappa shape index (κ3) is 5.17. The molecular formula is C25H33NO. The van der Waals surface area contributed by atoms with E-state index in [0.717, 1.165) is 37.0 Å². The van der Waals surface area contributed by atoms with E-state index in [2.05, 4.69) is 70.9 Å². The number of pyridine rings is 1. The van der Waals surface area contributed by atoms with Gasteiger partial charge in [-0.2, -0.15) is 0 Å². The summed E-state index contributed by atoms with van der Waals surface area (Å²) in [5.74, 6) is 2.13. The lowest BCUT2D eigenvalue weighted by Crippen LogP contribution is -2.23. The number of hydrogen-bond donors (Lipinski definition) is 0. The van der Waals surface area contributed by atoms with Crippen LogP contribution in [-0.2, 0) is 29.5 Å². The second-order valence-electron chi connectivity index (χ2n) is 8.09. The number of aromatic nitrogens is 1. The van der Waals surface area contributed by atoms with Crippen LogP contribution < -0.4 is 0 Å². The van der Waals surface area contributed by atoms with Gasteiger partial charge >= 0.3 is 0 Å². The summed E-state index contributed by atoms with van der Waals surface area (Å²) in [5.41, 5.74) is 8.20. The van der Waals surface area contributed by atoms with Gasteiger partial charge in [-0.05, 0) is 55.7 Å².